The van der Waals surface area contributed by atoms with Crippen molar-refractivity contribution in [3.8, 4) is 5.75 Å². The summed E-state index contributed by atoms with van der Waals surface area (Å²) in [7, 11) is 0. The topological polar surface area (TPSA) is 66.8 Å². The monoisotopic (exact) mass is 323 g/mol. The van der Waals surface area contributed by atoms with Gasteiger partial charge in [0, 0.05) is 6.07 Å². The van der Waals surface area contributed by atoms with Crippen molar-refractivity contribution < 1.29 is 19.4 Å². The molecule has 0 unspecified atom stereocenters. The van der Waals surface area contributed by atoms with Crippen LogP contribution >= 0.6 is 0 Å². The van der Waals surface area contributed by atoms with Crippen molar-refractivity contribution in [2.24, 2.45) is 0 Å². The van der Waals surface area contributed by atoms with Crippen molar-refractivity contribution in [1.82, 2.24) is 0 Å². The highest BCUT2D eigenvalue weighted by Gasteiger charge is 2.40. The van der Waals surface area contributed by atoms with Crippen molar-refractivity contribution in [1.29, 1.82) is 0 Å². The van der Waals surface area contributed by atoms with E-state index in [1.54, 1.807) is 54.6 Å². The van der Waals surface area contributed by atoms with Gasteiger partial charge in [-0.15, -0.1) is 0 Å². The van der Waals surface area contributed by atoms with Gasteiger partial charge in [-0.1, -0.05) is 43.3 Å². The number of imide groups is 1. The number of aliphatic hydroxyl groups excluding tert-OH is 1. The van der Waals surface area contributed by atoms with E-state index >= 15 is 0 Å². The first-order valence-electron chi connectivity index (χ1n) is 7.73. The number of nitrogens with zero attached hydrogens (tertiary/aromatic N) is 1. The van der Waals surface area contributed by atoms with Gasteiger partial charge in [0.25, 0.3) is 5.91 Å². The Morgan fingerprint density at radius 3 is 2.46 bits per heavy atom. The molecule has 0 saturated carbocycles. The first kappa shape index (κ1) is 15.8. The third kappa shape index (κ3) is 2.76. The number of carbonyl (C=O) groups excluding carboxylic acids is 2. The van der Waals surface area contributed by atoms with Crippen LogP contribution in [0.4, 0.5) is 5.69 Å². The van der Waals surface area contributed by atoms with Gasteiger partial charge in [-0.05, 0) is 24.1 Å². The maximum absolute atomic E-state index is 12.7. The van der Waals surface area contributed by atoms with E-state index in [0.29, 0.717) is 23.6 Å². The average molecular weight is 323 g/mol. The minimum absolute atomic E-state index is 0.0143. The number of hydrogen-bond acceptors (Lipinski definition) is 4. The Balaban J connectivity index is 1.95. The van der Waals surface area contributed by atoms with E-state index in [1.807, 2.05) is 6.92 Å². The Bertz CT molecular complexity index is 811. The number of benzene rings is 2. The molecule has 2 aromatic rings. The minimum atomic E-state index is -0.730. The summed E-state index contributed by atoms with van der Waals surface area (Å²) in [5.74, 6) is -1.24. The zero-order valence-electron chi connectivity index (χ0n) is 13.2. The SMILES string of the molecule is CCCOc1cccc(N2C(=O)C(O)=C(c3ccccc3)C2=O)c1. The molecule has 3 rings (SSSR count). The number of anilines is 1. The predicted molar refractivity (Wildman–Crippen MR) is 90.7 cm³/mol. The molecule has 0 radical (unpaired) electrons. The fourth-order valence-electron chi connectivity index (χ4n) is 2.55. The molecule has 5 heteroatoms. The molecule has 0 atom stereocenters. The first-order chi connectivity index (χ1) is 11.6. The van der Waals surface area contributed by atoms with E-state index in [-0.39, 0.29) is 5.57 Å². The highest BCUT2D eigenvalue weighted by Crippen LogP contribution is 2.33. The summed E-state index contributed by atoms with van der Waals surface area (Å²) in [6.07, 6.45) is 0.853. The normalized spacial score (nSPS) is 14.5. The molecule has 24 heavy (non-hydrogen) atoms. The number of rotatable bonds is 5. The number of carbonyl (C=O) groups is 2. The Kier molecular flexibility index (Phi) is 4.33. The standard InChI is InChI=1S/C19H17NO4/c1-2-11-24-15-10-6-9-14(12-15)20-18(22)16(17(21)19(20)23)13-7-4-3-5-8-13/h3-10,12,21H,2,11H2,1H3. The lowest BCUT2D eigenvalue weighted by Gasteiger charge is -2.15. The van der Waals surface area contributed by atoms with Crippen LogP contribution in [0.3, 0.4) is 0 Å². The zero-order chi connectivity index (χ0) is 17.1. The second kappa shape index (κ2) is 6.58. The molecule has 0 fully saturated rings. The third-order valence-corrected chi connectivity index (χ3v) is 3.67. The largest absolute Gasteiger partial charge is 0.502 e. The number of hydrogen-bond donors (Lipinski definition) is 1. The molecule has 1 N–H and O–H groups in total. The van der Waals surface area contributed by atoms with Crippen molar-refractivity contribution in [2.45, 2.75) is 13.3 Å². The molecule has 2 aromatic carbocycles. The summed E-state index contributed by atoms with van der Waals surface area (Å²) in [4.78, 5) is 26.0. The maximum atomic E-state index is 12.7. The quantitative estimate of drug-likeness (QED) is 0.857. The Labute approximate surface area is 139 Å². The van der Waals surface area contributed by atoms with Gasteiger partial charge < -0.3 is 9.84 Å². The van der Waals surface area contributed by atoms with Crippen LogP contribution in [0.15, 0.2) is 60.4 Å². The Morgan fingerprint density at radius 1 is 1.00 bits per heavy atom. The van der Waals surface area contributed by atoms with E-state index < -0.39 is 17.6 Å². The fourth-order valence-corrected chi connectivity index (χ4v) is 2.55. The van der Waals surface area contributed by atoms with Crippen LogP contribution in [0.2, 0.25) is 0 Å². The lowest BCUT2D eigenvalue weighted by Crippen LogP contribution is -2.31. The van der Waals surface area contributed by atoms with Crippen molar-refractivity contribution in [2.75, 3.05) is 11.5 Å². The van der Waals surface area contributed by atoms with Crippen LogP contribution in [0, 0.1) is 0 Å². The second-order valence-electron chi connectivity index (χ2n) is 5.38. The summed E-state index contributed by atoms with van der Waals surface area (Å²) in [5, 5.41) is 10.2. The van der Waals surface area contributed by atoms with Gasteiger partial charge in [0.15, 0.2) is 5.76 Å². The third-order valence-electron chi connectivity index (χ3n) is 3.67. The zero-order valence-corrected chi connectivity index (χ0v) is 13.2. The van der Waals surface area contributed by atoms with Gasteiger partial charge in [-0.25, -0.2) is 4.90 Å². The van der Waals surface area contributed by atoms with Crippen LogP contribution in [-0.4, -0.2) is 23.5 Å². The summed E-state index contributed by atoms with van der Waals surface area (Å²) >= 11 is 0. The molecule has 1 aliphatic rings. The lowest BCUT2D eigenvalue weighted by atomic mass is 10.1. The van der Waals surface area contributed by atoms with Crippen LogP contribution in [0.5, 0.6) is 5.75 Å². The van der Waals surface area contributed by atoms with E-state index in [2.05, 4.69) is 0 Å². The van der Waals surface area contributed by atoms with Crippen LogP contribution in [0.1, 0.15) is 18.9 Å². The molecule has 0 spiro atoms. The van der Waals surface area contributed by atoms with Gasteiger partial charge in [-0.2, -0.15) is 0 Å². The maximum Gasteiger partial charge on any atom is 0.301 e. The lowest BCUT2D eigenvalue weighted by molar-refractivity contribution is -0.121. The van der Waals surface area contributed by atoms with Gasteiger partial charge in [0.2, 0.25) is 0 Å². The molecule has 1 heterocycles. The summed E-state index contributed by atoms with van der Waals surface area (Å²) < 4.78 is 5.54. The Hall–Kier alpha value is -3.08. The van der Waals surface area contributed by atoms with Gasteiger partial charge in [-0.3, -0.25) is 9.59 Å². The average Bonchev–Trinajstić information content (AvgIpc) is 2.83. The smallest absolute Gasteiger partial charge is 0.301 e. The molecule has 0 saturated heterocycles. The molecule has 1 aliphatic heterocycles. The van der Waals surface area contributed by atoms with Gasteiger partial charge in [0.05, 0.1) is 17.9 Å². The summed E-state index contributed by atoms with van der Waals surface area (Å²) in [6.45, 7) is 2.54. The molecule has 122 valence electrons. The molecule has 2 amide bonds. The van der Waals surface area contributed by atoms with Gasteiger partial charge in [0.1, 0.15) is 5.75 Å². The minimum Gasteiger partial charge on any atom is -0.502 e. The van der Waals surface area contributed by atoms with Crippen LogP contribution in [-0.2, 0) is 9.59 Å². The molecule has 5 nitrogen and oxygen atoms in total. The second-order valence-corrected chi connectivity index (χ2v) is 5.38. The van der Waals surface area contributed by atoms with E-state index in [1.165, 1.54) is 0 Å². The van der Waals surface area contributed by atoms with Crippen LogP contribution in [0.25, 0.3) is 5.57 Å². The van der Waals surface area contributed by atoms with Crippen molar-refractivity contribution in [3.63, 3.8) is 0 Å². The first-order valence-corrected chi connectivity index (χ1v) is 7.73. The highest BCUT2D eigenvalue weighted by molar-refractivity contribution is 6.44. The van der Waals surface area contributed by atoms with Crippen LogP contribution < -0.4 is 9.64 Å². The molecule has 0 bridgehead atoms. The van der Waals surface area contributed by atoms with E-state index in [4.69, 9.17) is 4.74 Å². The number of amides is 2. The van der Waals surface area contributed by atoms with Crippen molar-refractivity contribution >= 4 is 23.1 Å². The number of ether oxygens (including phenoxy) is 1. The molecule has 0 aliphatic carbocycles. The van der Waals surface area contributed by atoms with E-state index in [9.17, 15) is 14.7 Å². The molecular weight excluding hydrogens is 306 g/mol. The summed E-state index contributed by atoms with van der Waals surface area (Å²) in [5.41, 5.74) is 0.894. The fraction of sp³-hybridized carbons (Fsp3) is 0.158. The van der Waals surface area contributed by atoms with Crippen molar-refractivity contribution in [3.05, 3.63) is 65.9 Å². The highest BCUT2D eigenvalue weighted by atomic mass is 16.5. The molecular formula is C19H17NO4. The van der Waals surface area contributed by atoms with Gasteiger partial charge >= 0.3 is 5.91 Å². The number of aliphatic hydroxyl groups is 1. The summed E-state index contributed by atoms with van der Waals surface area (Å²) in [6, 6.07) is 15.4. The predicted octanol–water partition coefficient (Wildman–Crippen LogP) is 3.32. The Morgan fingerprint density at radius 2 is 1.75 bits per heavy atom. The molecule has 0 aromatic heterocycles. The van der Waals surface area contributed by atoms with E-state index in [0.717, 1.165) is 11.3 Å².